The minimum absolute atomic E-state index is 0.217. The molecular weight excluding hydrogens is 587 g/mol. The van der Waals surface area contributed by atoms with Crippen molar-refractivity contribution < 1.29 is 32.7 Å². The van der Waals surface area contributed by atoms with Crippen molar-refractivity contribution in [3.63, 3.8) is 0 Å². The fraction of sp³-hybridized carbons (Fsp3) is 0.267. The lowest BCUT2D eigenvalue weighted by Gasteiger charge is -2.33. The molecule has 1 atom stereocenters. The van der Waals surface area contributed by atoms with E-state index in [-0.39, 0.29) is 11.8 Å². The van der Waals surface area contributed by atoms with Crippen LogP contribution in [0.5, 0.6) is 0 Å². The molecule has 4 N–H and O–H groups in total. The van der Waals surface area contributed by atoms with E-state index >= 15 is 0 Å². The van der Waals surface area contributed by atoms with Crippen LogP contribution in [0.4, 0.5) is 18.9 Å². The summed E-state index contributed by atoms with van der Waals surface area (Å²) in [5, 5.41) is 14.6. The van der Waals surface area contributed by atoms with E-state index in [0.29, 0.717) is 23.2 Å². The van der Waals surface area contributed by atoms with Gasteiger partial charge in [-0.3, -0.25) is 14.6 Å². The predicted octanol–water partition coefficient (Wildman–Crippen LogP) is 5.35. The first kappa shape index (κ1) is 31.4. The molecule has 2 amide bonds. The molecule has 0 bridgehead atoms. The molecule has 0 radical (unpaired) electrons. The van der Waals surface area contributed by atoms with Crippen LogP contribution in [0.25, 0.3) is 10.9 Å². The lowest BCUT2D eigenvalue weighted by molar-refractivity contribution is -0.192. The molecule has 0 unspecified atom stereocenters. The maximum absolute atomic E-state index is 13.3. The van der Waals surface area contributed by atoms with Crippen LogP contribution >= 0.6 is 11.6 Å². The molecule has 9 nitrogen and oxygen atoms in total. The van der Waals surface area contributed by atoms with Gasteiger partial charge in [0.05, 0.1) is 0 Å². The summed E-state index contributed by atoms with van der Waals surface area (Å²) in [5.74, 6) is -2.94. The number of hydrogen-bond donors (Lipinski definition) is 4. The lowest BCUT2D eigenvalue weighted by atomic mass is 9.96. The number of fused-ring (bicyclic) bond motifs is 1. The third-order valence-corrected chi connectivity index (χ3v) is 7.18. The number of carboxylic acid groups (broad SMARTS) is 1. The summed E-state index contributed by atoms with van der Waals surface area (Å²) in [6.07, 6.45) is 0.514. The number of nitrogens with zero attached hydrogens (tertiary/aromatic N) is 2. The zero-order valence-electron chi connectivity index (χ0n) is 22.8. The van der Waals surface area contributed by atoms with Crippen LogP contribution in [0.15, 0.2) is 79.1 Å². The van der Waals surface area contributed by atoms with Crippen LogP contribution in [0, 0.1) is 5.92 Å². The molecule has 1 aliphatic heterocycles. The number of anilines is 1. The molecule has 0 spiro atoms. The highest BCUT2D eigenvalue weighted by atomic mass is 35.5. The Morgan fingerprint density at radius 1 is 1.02 bits per heavy atom. The molecule has 13 heteroatoms. The third kappa shape index (κ3) is 8.71. The number of alkyl halides is 3. The first-order valence-corrected chi connectivity index (χ1v) is 13.8. The number of aromatic amines is 1. The highest BCUT2D eigenvalue weighted by Gasteiger charge is 2.38. The van der Waals surface area contributed by atoms with Crippen molar-refractivity contribution in [3.8, 4) is 0 Å². The summed E-state index contributed by atoms with van der Waals surface area (Å²) < 4.78 is 31.7. The Balaban J connectivity index is 0.000000541. The van der Waals surface area contributed by atoms with Gasteiger partial charge in [-0.15, -0.1) is 0 Å². The van der Waals surface area contributed by atoms with E-state index in [4.69, 9.17) is 21.5 Å². The highest BCUT2D eigenvalue weighted by Crippen LogP contribution is 2.24. The number of aromatic nitrogens is 2. The summed E-state index contributed by atoms with van der Waals surface area (Å²) in [5.41, 5.74) is 3.10. The average Bonchev–Trinajstić information content (AvgIpc) is 3.43. The van der Waals surface area contributed by atoms with E-state index in [1.807, 2.05) is 60.9 Å². The first-order chi connectivity index (χ1) is 20.5. The van der Waals surface area contributed by atoms with E-state index in [1.54, 1.807) is 18.2 Å². The predicted molar refractivity (Wildman–Crippen MR) is 156 cm³/mol. The Kier molecular flexibility index (Phi) is 10.3. The second-order valence-corrected chi connectivity index (χ2v) is 10.4. The molecular formula is C30H29ClF3N5O4. The van der Waals surface area contributed by atoms with Gasteiger partial charge < -0.3 is 25.6 Å². The molecule has 1 saturated heterocycles. The maximum Gasteiger partial charge on any atom is 0.490 e. The summed E-state index contributed by atoms with van der Waals surface area (Å²) in [6.45, 7) is 2.45. The van der Waals surface area contributed by atoms with Gasteiger partial charge in [-0.05, 0) is 60.7 Å². The number of hydrogen-bond acceptors (Lipinski definition) is 5. The smallest absolute Gasteiger partial charge is 0.475 e. The van der Waals surface area contributed by atoms with Crippen molar-refractivity contribution in [1.29, 1.82) is 0 Å². The van der Waals surface area contributed by atoms with Crippen molar-refractivity contribution in [2.24, 2.45) is 5.92 Å². The van der Waals surface area contributed by atoms with E-state index in [1.165, 1.54) is 5.69 Å². The SMILES string of the molecule is O=C(N[C@@H](C(=O)NCC1CCN(c2ccncc2)CC1)c1ccccc1)c1cc2cc(Cl)ccc2[nH]1.O=C(O)C(F)(F)F. The van der Waals surface area contributed by atoms with Gasteiger partial charge in [0.2, 0.25) is 5.91 Å². The van der Waals surface area contributed by atoms with E-state index in [0.717, 1.165) is 42.4 Å². The number of piperidine rings is 1. The molecule has 2 aromatic carbocycles. The van der Waals surface area contributed by atoms with Crippen LogP contribution in [0.3, 0.4) is 0 Å². The van der Waals surface area contributed by atoms with E-state index < -0.39 is 18.2 Å². The molecule has 1 fully saturated rings. The number of aliphatic carboxylic acids is 1. The fourth-order valence-electron chi connectivity index (χ4n) is 4.68. The number of carbonyl (C=O) groups is 3. The standard InChI is InChI=1S/C28H28ClN5O2.C2HF3O2/c29-22-6-7-24-21(16-22)17-25(32-24)27(35)33-26(20-4-2-1-3-5-20)28(36)31-18-19-10-14-34(15-11-19)23-8-12-30-13-9-23;3-2(4,5)1(6)7/h1-9,12-13,16-17,19,26,32H,10-11,14-15,18H2,(H,31,36)(H,33,35);(H,6,7)/t26-;/m1./s1. The number of carboxylic acids is 1. The number of halogens is 4. The molecule has 226 valence electrons. The van der Waals surface area contributed by atoms with Crippen molar-refractivity contribution in [1.82, 2.24) is 20.6 Å². The van der Waals surface area contributed by atoms with Crippen LogP contribution in [-0.2, 0) is 9.59 Å². The van der Waals surface area contributed by atoms with Crippen LogP contribution in [0.2, 0.25) is 5.02 Å². The minimum atomic E-state index is -5.08. The number of benzene rings is 2. The molecule has 4 aromatic rings. The Morgan fingerprint density at radius 3 is 2.30 bits per heavy atom. The monoisotopic (exact) mass is 615 g/mol. The number of amides is 2. The van der Waals surface area contributed by atoms with E-state index in [9.17, 15) is 22.8 Å². The Labute approximate surface area is 250 Å². The highest BCUT2D eigenvalue weighted by molar-refractivity contribution is 6.31. The number of pyridine rings is 1. The van der Waals surface area contributed by atoms with Crippen molar-refractivity contribution in [2.45, 2.75) is 25.1 Å². The zero-order valence-corrected chi connectivity index (χ0v) is 23.5. The topological polar surface area (TPSA) is 127 Å². The van der Waals surface area contributed by atoms with Gasteiger partial charge in [-0.2, -0.15) is 13.2 Å². The Bertz CT molecular complexity index is 1540. The second kappa shape index (κ2) is 14.1. The number of carbonyl (C=O) groups excluding carboxylic acids is 2. The van der Waals surface area contributed by atoms with Gasteiger partial charge >= 0.3 is 12.1 Å². The molecule has 0 aliphatic carbocycles. The molecule has 0 saturated carbocycles. The fourth-order valence-corrected chi connectivity index (χ4v) is 4.86. The molecule has 3 heterocycles. The van der Waals surface area contributed by atoms with Gasteiger partial charge in [-0.1, -0.05) is 41.9 Å². The number of H-pyrrole nitrogens is 1. The Hall–Kier alpha value is -4.58. The van der Waals surface area contributed by atoms with Crippen LogP contribution < -0.4 is 15.5 Å². The van der Waals surface area contributed by atoms with Gasteiger partial charge in [0, 0.05) is 53.6 Å². The average molecular weight is 616 g/mol. The molecule has 2 aromatic heterocycles. The summed E-state index contributed by atoms with van der Waals surface area (Å²) >= 11 is 6.08. The minimum Gasteiger partial charge on any atom is -0.475 e. The molecule has 1 aliphatic rings. The number of rotatable bonds is 7. The van der Waals surface area contributed by atoms with Crippen LogP contribution in [-0.4, -0.2) is 58.7 Å². The zero-order chi connectivity index (χ0) is 31.0. The van der Waals surface area contributed by atoms with Crippen LogP contribution in [0.1, 0.15) is 34.9 Å². The molecule has 43 heavy (non-hydrogen) atoms. The van der Waals surface area contributed by atoms with Gasteiger partial charge in [0.25, 0.3) is 5.91 Å². The Morgan fingerprint density at radius 2 is 1.67 bits per heavy atom. The quantitative estimate of drug-likeness (QED) is 0.222. The van der Waals surface area contributed by atoms with Gasteiger partial charge in [0.15, 0.2) is 0 Å². The second-order valence-electron chi connectivity index (χ2n) is 9.92. The van der Waals surface area contributed by atoms with Crippen molar-refractivity contribution >= 4 is 46.0 Å². The summed E-state index contributed by atoms with van der Waals surface area (Å²) in [6, 6.07) is 19.7. The van der Waals surface area contributed by atoms with Gasteiger partial charge in [-0.25, -0.2) is 4.79 Å². The summed E-state index contributed by atoms with van der Waals surface area (Å²) in [4.78, 5) is 44.8. The van der Waals surface area contributed by atoms with Crippen molar-refractivity contribution in [2.75, 3.05) is 24.5 Å². The first-order valence-electron chi connectivity index (χ1n) is 13.4. The summed E-state index contributed by atoms with van der Waals surface area (Å²) in [7, 11) is 0. The lowest BCUT2D eigenvalue weighted by Crippen LogP contribution is -2.43. The maximum atomic E-state index is 13.3. The normalized spacial score (nSPS) is 14.4. The third-order valence-electron chi connectivity index (χ3n) is 6.95. The number of nitrogens with one attached hydrogen (secondary N) is 3. The van der Waals surface area contributed by atoms with E-state index in [2.05, 4.69) is 25.5 Å². The largest absolute Gasteiger partial charge is 0.490 e. The molecule has 5 rings (SSSR count). The van der Waals surface area contributed by atoms with Crippen molar-refractivity contribution in [3.05, 3.63) is 95.4 Å². The van der Waals surface area contributed by atoms with Gasteiger partial charge in [0.1, 0.15) is 11.7 Å².